The van der Waals surface area contributed by atoms with Gasteiger partial charge in [-0.15, -0.1) is 0 Å². The lowest BCUT2D eigenvalue weighted by Crippen LogP contribution is -2.43. The van der Waals surface area contributed by atoms with Gasteiger partial charge < -0.3 is 15.1 Å². The number of nitrogens with zero attached hydrogens (tertiary/aromatic N) is 3. The highest BCUT2D eigenvalue weighted by molar-refractivity contribution is 5.80. The molecule has 0 bridgehead atoms. The topological polar surface area (TPSA) is 30.9 Å². The molecule has 0 saturated carbocycles. The summed E-state index contributed by atoms with van der Waals surface area (Å²) < 4.78 is 0. The number of rotatable bonds is 4. The Balaban J connectivity index is 1.58. The van der Waals surface area contributed by atoms with E-state index < -0.39 is 0 Å². The predicted molar refractivity (Wildman–Crippen MR) is 105 cm³/mol. The van der Waals surface area contributed by atoms with Gasteiger partial charge in [-0.05, 0) is 42.8 Å². The second-order valence-corrected chi connectivity index (χ2v) is 6.90. The average Bonchev–Trinajstić information content (AvgIpc) is 2.63. The summed E-state index contributed by atoms with van der Waals surface area (Å²) in [5.41, 5.74) is 5.49. The standard InChI is InChI=1S/C21H28N4/c1-22-21(25-13-12-19-6-4-5-7-20(19)16-25)23-14-17-8-10-18(11-9-17)15-24(2)3/h4-11H,12-16H2,1-3H3,(H,22,23). The molecule has 0 aliphatic carbocycles. The van der Waals surface area contributed by atoms with Gasteiger partial charge >= 0.3 is 0 Å². The summed E-state index contributed by atoms with van der Waals surface area (Å²) in [5, 5.41) is 3.51. The van der Waals surface area contributed by atoms with Crippen LogP contribution >= 0.6 is 0 Å². The second kappa shape index (κ2) is 8.17. The second-order valence-electron chi connectivity index (χ2n) is 6.90. The van der Waals surface area contributed by atoms with Gasteiger partial charge in [-0.3, -0.25) is 4.99 Å². The number of fused-ring (bicyclic) bond motifs is 1. The normalized spacial score (nSPS) is 14.6. The van der Waals surface area contributed by atoms with E-state index in [0.717, 1.165) is 38.6 Å². The van der Waals surface area contributed by atoms with Crippen LogP contribution in [0.1, 0.15) is 22.3 Å². The van der Waals surface area contributed by atoms with Crippen LogP contribution in [0.15, 0.2) is 53.5 Å². The van der Waals surface area contributed by atoms with E-state index >= 15 is 0 Å². The van der Waals surface area contributed by atoms with Crippen LogP contribution in [0.4, 0.5) is 0 Å². The SMILES string of the molecule is CN=C(NCc1ccc(CN(C)C)cc1)N1CCc2ccccc2C1. The fraction of sp³-hybridized carbons (Fsp3) is 0.381. The van der Waals surface area contributed by atoms with E-state index in [9.17, 15) is 0 Å². The minimum Gasteiger partial charge on any atom is -0.352 e. The van der Waals surface area contributed by atoms with Crippen molar-refractivity contribution in [1.82, 2.24) is 15.1 Å². The Morgan fingerprint density at radius 1 is 1.04 bits per heavy atom. The molecule has 1 aliphatic rings. The van der Waals surface area contributed by atoms with Gasteiger partial charge in [0.2, 0.25) is 0 Å². The molecular weight excluding hydrogens is 308 g/mol. The zero-order chi connectivity index (χ0) is 17.6. The number of nitrogens with one attached hydrogen (secondary N) is 1. The van der Waals surface area contributed by atoms with Gasteiger partial charge in [0.25, 0.3) is 0 Å². The first kappa shape index (κ1) is 17.5. The Morgan fingerprint density at radius 2 is 1.72 bits per heavy atom. The monoisotopic (exact) mass is 336 g/mol. The van der Waals surface area contributed by atoms with Gasteiger partial charge in [-0.25, -0.2) is 0 Å². The largest absolute Gasteiger partial charge is 0.352 e. The van der Waals surface area contributed by atoms with E-state index in [-0.39, 0.29) is 0 Å². The summed E-state index contributed by atoms with van der Waals surface area (Å²) in [7, 11) is 6.05. The molecule has 1 aliphatic heterocycles. The van der Waals surface area contributed by atoms with Crippen LogP contribution in [0.3, 0.4) is 0 Å². The van der Waals surface area contributed by atoms with E-state index in [1.54, 1.807) is 0 Å². The van der Waals surface area contributed by atoms with Gasteiger partial charge in [-0.1, -0.05) is 48.5 Å². The zero-order valence-corrected chi connectivity index (χ0v) is 15.5. The third-order valence-corrected chi connectivity index (χ3v) is 4.61. The Hall–Kier alpha value is -2.33. The van der Waals surface area contributed by atoms with Crippen LogP contribution in [-0.4, -0.2) is 43.4 Å². The molecule has 1 heterocycles. The molecule has 2 aromatic carbocycles. The van der Waals surface area contributed by atoms with E-state index in [2.05, 4.69) is 82.7 Å². The van der Waals surface area contributed by atoms with Crippen LogP contribution < -0.4 is 5.32 Å². The van der Waals surface area contributed by atoms with Gasteiger partial charge in [0, 0.05) is 33.2 Å². The summed E-state index contributed by atoms with van der Waals surface area (Å²) in [4.78, 5) is 9.00. The fourth-order valence-corrected chi connectivity index (χ4v) is 3.32. The lowest BCUT2D eigenvalue weighted by molar-refractivity contribution is 0.378. The molecule has 3 rings (SSSR count). The first-order valence-corrected chi connectivity index (χ1v) is 8.90. The van der Waals surface area contributed by atoms with Crippen molar-refractivity contribution in [3.8, 4) is 0 Å². The van der Waals surface area contributed by atoms with Crippen molar-refractivity contribution < 1.29 is 0 Å². The number of hydrogen-bond donors (Lipinski definition) is 1. The fourth-order valence-electron chi connectivity index (χ4n) is 3.32. The molecule has 0 fully saturated rings. The minimum atomic E-state index is 0.799. The number of hydrogen-bond acceptors (Lipinski definition) is 2. The minimum absolute atomic E-state index is 0.799. The quantitative estimate of drug-likeness (QED) is 0.688. The first-order valence-electron chi connectivity index (χ1n) is 8.90. The van der Waals surface area contributed by atoms with Gasteiger partial charge in [-0.2, -0.15) is 0 Å². The first-order chi connectivity index (χ1) is 12.2. The zero-order valence-electron chi connectivity index (χ0n) is 15.5. The van der Waals surface area contributed by atoms with Crippen molar-refractivity contribution in [3.63, 3.8) is 0 Å². The molecule has 0 amide bonds. The highest BCUT2D eigenvalue weighted by atomic mass is 15.3. The molecule has 2 aromatic rings. The summed E-state index contributed by atoms with van der Waals surface area (Å²) in [5.74, 6) is 0.979. The van der Waals surface area contributed by atoms with Crippen molar-refractivity contribution in [2.24, 2.45) is 4.99 Å². The molecular formula is C21H28N4. The summed E-state index contributed by atoms with van der Waals surface area (Å²) in [6.45, 7) is 3.71. The molecule has 0 saturated heterocycles. The molecule has 0 radical (unpaired) electrons. The summed E-state index contributed by atoms with van der Waals surface area (Å²) in [6.07, 6.45) is 1.08. The Labute approximate surface area is 151 Å². The number of benzene rings is 2. The highest BCUT2D eigenvalue weighted by Crippen LogP contribution is 2.18. The maximum atomic E-state index is 4.48. The Morgan fingerprint density at radius 3 is 2.40 bits per heavy atom. The van der Waals surface area contributed by atoms with Crippen molar-refractivity contribution in [1.29, 1.82) is 0 Å². The van der Waals surface area contributed by atoms with E-state index in [4.69, 9.17) is 0 Å². The van der Waals surface area contributed by atoms with Crippen LogP contribution in [0, 0.1) is 0 Å². The molecule has 4 nitrogen and oxygen atoms in total. The predicted octanol–water partition coefficient (Wildman–Crippen LogP) is 2.88. The third kappa shape index (κ3) is 4.60. The smallest absolute Gasteiger partial charge is 0.194 e. The molecule has 25 heavy (non-hydrogen) atoms. The van der Waals surface area contributed by atoms with Gasteiger partial charge in [0.1, 0.15) is 0 Å². The third-order valence-electron chi connectivity index (χ3n) is 4.61. The lowest BCUT2D eigenvalue weighted by Gasteiger charge is -2.31. The maximum Gasteiger partial charge on any atom is 0.194 e. The molecule has 0 unspecified atom stereocenters. The molecule has 0 spiro atoms. The molecule has 132 valence electrons. The van der Waals surface area contributed by atoms with Crippen molar-refractivity contribution in [3.05, 3.63) is 70.8 Å². The average molecular weight is 336 g/mol. The molecule has 4 heteroatoms. The van der Waals surface area contributed by atoms with Crippen LogP contribution in [0.25, 0.3) is 0 Å². The van der Waals surface area contributed by atoms with Crippen molar-refractivity contribution >= 4 is 5.96 Å². The van der Waals surface area contributed by atoms with E-state index in [0.29, 0.717) is 0 Å². The lowest BCUT2D eigenvalue weighted by atomic mass is 10.0. The van der Waals surface area contributed by atoms with Gasteiger partial charge in [0.05, 0.1) is 0 Å². The Bertz CT molecular complexity index is 719. The highest BCUT2D eigenvalue weighted by Gasteiger charge is 2.18. The van der Waals surface area contributed by atoms with Crippen molar-refractivity contribution in [2.75, 3.05) is 27.7 Å². The van der Waals surface area contributed by atoms with E-state index in [1.807, 2.05) is 7.05 Å². The van der Waals surface area contributed by atoms with Crippen molar-refractivity contribution in [2.45, 2.75) is 26.1 Å². The van der Waals surface area contributed by atoms with Crippen LogP contribution in [0.2, 0.25) is 0 Å². The molecule has 0 atom stereocenters. The van der Waals surface area contributed by atoms with Crippen LogP contribution in [0.5, 0.6) is 0 Å². The van der Waals surface area contributed by atoms with Crippen LogP contribution in [-0.2, 0) is 26.1 Å². The molecule has 1 N–H and O–H groups in total. The molecule has 0 aromatic heterocycles. The van der Waals surface area contributed by atoms with Gasteiger partial charge in [0.15, 0.2) is 5.96 Å². The summed E-state index contributed by atoms with van der Waals surface area (Å²) >= 11 is 0. The number of aliphatic imine (C=N–C) groups is 1. The maximum absolute atomic E-state index is 4.48. The Kier molecular flexibility index (Phi) is 5.71. The number of guanidine groups is 1. The summed E-state index contributed by atoms with van der Waals surface area (Å²) in [6, 6.07) is 17.5. The van der Waals surface area contributed by atoms with E-state index in [1.165, 1.54) is 22.3 Å².